The van der Waals surface area contributed by atoms with Crippen molar-refractivity contribution in [3.63, 3.8) is 0 Å². The Morgan fingerprint density at radius 3 is 2.51 bits per heavy atom. The largest absolute Gasteiger partial charge is 0.497 e. The van der Waals surface area contributed by atoms with Gasteiger partial charge in [-0.3, -0.25) is 9.59 Å². The summed E-state index contributed by atoms with van der Waals surface area (Å²) in [5.74, 6) is 0.843. The molecule has 2 amide bonds. The highest BCUT2D eigenvalue weighted by molar-refractivity contribution is 6.02. The number of carbonyl (C=O) groups excluding carboxylic acids is 2. The van der Waals surface area contributed by atoms with Crippen LogP contribution in [0.1, 0.15) is 33.9 Å². The van der Waals surface area contributed by atoms with Crippen LogP contribution < -0.4 is 4.74 Å². The van der Waals surface area contributed by atoms with E-state index in [1.54, 1.807) is 7.11 Å². The molecule has 3 aromatic carbocycles. The van der Waals surface area contributed by atoms with Crippen LogP contribution in [0.3, 0.4) is 0 Å². The lowest BCUT2D eigenvalue weighted by molar-refractivity contribution is -0.133. The summed E-state index contributed by atoms with van der Waals surface area (Å²) in [7, 11) is 3.74. The van der Waals surface area contributed by atoms with Crippen LogP contribution in [0.2, 0.25) is 0 Å². The second-order valence-corrected chi connectivity index (χ2v) is 10.1. The van der Waals surface area contributed by atoms with E-state index in [0.29, 0.717) is 18.5 Å². The van der Waals surface area contributed by atoms with E-state index >= 15 is 0 Å². The highest BCUT2D eigenvalue weighted by Crippen LogP contribution is 2.45. The molecule has 4 aromatic rings. The molecule has 0 bridgehead atoms. The number of likely N-dealkylation sites (N-methyl/N-ethyl adjacent to an activating group) is 1. The third-order valence-corrected chi connectivity index (χ3v) is 7.86. The maximum absolute atomic E-state index is 13.8. The minimum absolute atomic E-state index is 0. The van der Waals surface area contributed by atoms with Crippen LogP contribution in [-0.4, -0.2) is 78.4 Å². The molecule has 7 nitrogen and oxygen atoms in total. The quantitative estimate of drug-likeness (QED) is 0.372. The summed E-state index contributed by atoms with van der Waals surface area (Å²) in [6.45, 7) is 3.58. The molecule has 8 heteroatoms. The summed E-state index contributed by atoms with van der Waals surface area (Å²) in [6, 6.07) is 23.7. The molecule has 2 aliphatic rings. The molecule has 1 fully saturated rings. The number of H-pyrrole nitrogens is 1. The number of ether oxygens (including phenoxy) is 1. The molecule has 39 heavy (non-hydrogen) atoms. The predicted molar refractivity (Wildman–Crippen MR) is 156 cm³/mol. The number of rotatable bonds is 6. The first-order chi connectivity index (χ1) is 18.5. The normalized spacial score (nSPS) is 17.3. The number of nitrogens with one attached hydrogen (secondary N) is 1. The third kappa shape index (κ3) is 4.88. The fourth-order valence-corrected chi connectivity index (χ4v) is 5.80. The van der Waals surface area contributed by atoms with Crippen LogP contribution in [0.4, 0.5) is 0 Å². The van der Waals surface area contributed by atoms with Crippen LogP contribution in [0.25, 0.3) is 22.2 Å². The highest BCUT2D eigenvalue weighted by atomic mass is 35.5. The Hall–Kier alpha value is -3.81. The number of aromatic nitrogens is 1. The first-order valence-electron chi connectivity index (χ1n) is 13.2. The summed E-state index contributed by atoms with van der Waals surface area (Å²) in [4.78, 5) is 36.6. The van der Waals surface area contributed by atoms with Crippen molar-refractivity contribution in [2.45, 2.75) is 12.5 Å². The van der Waals surface area contributed by atoms with E-state index in [0.717, 1.165) is 65.2 Å². The second kappa shape index (κ2) is 11.1. The van der Waals surface area contributed by atoms with Gasteiger partial charge < -0.3 is 24.4 Å². The number of fused-ring (bicyclic) bond motifs is 2. The number of hydrogen-bond donors (Lipinski definition) is 1. The van der Waals surface area contributed by atoms with Gasteiger partial charge >= 0.3 is 0 Å². The second-order valence-electron chi connectivity index (χ2n) is 10.1. The van der Waals surface area contributed by atoms with Crippen molar-refractivity contribution in [3.05, 3.63) is 89.5 Å². The maximum Gasteiger partial charge on any atom is 0.255 e. The van der Waals surface area contributed by atoms with Crippen LogP contribution in [0.15, 0.2) is 72.8 Å². The molecular formula is C31H33ClN4O3. The van der Waals surface area contributed by atoms with Gasteiger partial charge in [0.15, 0.2) is 0 Å². The van der Waals surface area contributed by atoms with Crippen molar-refractivity contribution >= 4 is 35.1 Å². The zero-order valence-electron chi connectivity index (χ0n) is 22.2. The number of halogens is 1. The van der Waals surface area contributed by atoms with Crippen LogP contribution in [0, 0.1) is 0 Å². The molecule has 2 aliphatic heterocycles. The van der Waals surface area contributed by atoms with Crippen LogP contribution in [-0.2, 0) is 4.79 Å². The van der Waals surface area contributed by atoms with Crippen molar-refractivity contribution in [1.82, 2.24) is 19.7 Å². The number of benzene rings is 3. The predicted octanol–water partition coefficient (Wildman–Crippen LogP) is 4.97. The molecule has 202 valence electrons. The minimum Gasteiger partial charge on any atom is -0.497 e. The van der Waals surface area contributed by atoms with Crippen molar-refractivity contribution in [2.75, 3.05) is 46.9 Å². The summed E-state index contributed by atoms with van der Waals surface area (Å²) >= 11 is 0. The lowest BCUT2D eigenvalue weighted by Gasteiger charge is -2.33. The Morgan fingerprint density at radius 2 is 1.72 bits per heavy atom. The Bertz CT molecular complexity index is 1510. The molecule has 0 spiro atoms. The van der Waals surface area contributed by atoms with Gasteiger partial charge in [0, 0.05) is 66.7 Å². The zero-order valence-corrected chi connectivity index (χ0v) is 23.0. The maximum atomic E-state index is 13.8. The zero-order chi connectivity index (χ0) is 26.2. The molecule has 6 rings (SSSR count). The number of piperazine rings is 1. The number of nitrogens with zero attached hydrogens (tertiary/aromatic N) is 3. The van der Waals surface area contributed by atoms with Gasteiger partial charge in [-0.25, -0.2) is 0 Å². The number of carbonyl (C=O) groups is 2. The molecule has 0 aliphatic carbocycles. The standard InChI is InChI=1S/C31H32N4O3.ClH/c1-33-16-18-34(19-17-33)27(36)14-15-35-30(23-10-3-4-11-24(23)31(35)37)28-25-12-5-6-13-26(25)32-29(28)21-8-7-9-22(20-21)38-2;/h3-13,20,30,32H,14-19H2,1-2H3;1H. The van der Waals surface area contributed by atoms with Crippen LogP contribution in [0.5, 0.6) is 5.75 Å². The van der Waals surface area contributed by atoms with Gasteiger partial charge in [0.2, 0.25) is 5.91 Å². The van der Waals surface area contributed by atoms with Gasteiger partial charge in [0.05, 0.1) is 18.8 Å². The number of para-hydroxylation sites is 1. The van der Waals surface area contributed by atoms with Gasteiger partial charge in [-0.15, -0.1) is 12.4 Å². The Labute approximate surface area is 234 Å². The molecule has 0 radical (unpaired) electrons. The number of amides is 2. The molecule has 1 aromatic heterocycles. The summed E-state index contributed by atoms with van der Waals surface area (Å²) < 4.78 is 5.52. The first-order valence-corrected chi connectivity index (χ1v) is 13.2. The Kier molecular flexibility index (Phi) is 7.64. The van der Waals surface area contributed by atoms with Crippen LogP contribution >= 0.6 is 12.4 Å². The summed E-state index contributed by atoms with van der Waals surface area (Å²) in [5.41, 5.74) is 5.66. The average molecular weight is 545 g/mol. The van der Waals surface area contributed by atoms with E-state index in [1.807, 2.05) is 64.4 Å². The molecule has 1 atom stereocenters. The van der Waals surface area contributed by atoms with E-state index < -0.39 is 0 Å². The first kappa shape index (κ1) is 26.8. The minimum atomic E-state index is -0.309. The highest BCUT2D eigenvalue weighted by Gasteiger charge is 2.40. The van der Waals surface area contributed by atoms with E-state index in [9.17, 15) is 9.59 Å². The SMILES string of the molecule is COc1cccc(-c2[nH]c3ccccc3c2C2c3ccccc3C(=O)N2CCC(=O)N2CCN(C)CC2)c1.Cl. The van der Waals surface area contributed by atoms with E-state index in [4.69, 9.17) is 4.74 Å². The van der Waals surface area contributed by atoms with Gasteiger partial charge in [-0.1, -0.05) is 48.5 Å². The fraction of sp³-hybridized carbons (Fsp3) is 0.290. The van der Waals surface area contributed by atoms with Gasteiger partial charge in [-0.05, 0) is 36.9 Å². The summed E-state index contributed by atoms with van der Waals surface area (Å²) in [6.07, 6.45) is 0.302. The Balaban J connectivity index is 0.00000308. The van der Waals surface area contributed by atoms with Crippen molar-refractivity contribution in [2.24, 2.45) is 0 Å². The number of methoxy groups -OCH3 is 1. The van der Waals surface area contributed by atoms with Gasteiger partial charge in [0.25, 0.3) is 5.91 Å². The van der Waals surface area contributed by atoms with E-state index in [2.05, 4.69) is 35.1 Å². The van der Waals surface area contributed by atoms with Gasteiger partial charge in [0.1, 0.15) is 5.75 Å². The molecule has 0 saturated carbocycles. The van der Waals surface area contributed by atoms with E-state index in [1.165, 1.54) is 0 Å². The smallest absolute Gasteiger partial charge is 0.255 e. The number of hydrogen-bond acceptors (Lipinski definition) is 4. The van der Waals surface area contributed by atoms with Crippen molar-refractivity contribution < 1.29 is 14.3 Å². The molecule has 3 heterocycles. The average Bonchev–Trinajstić information content (AvgIpc) is 3.47. The van der Waals surface area contributed by atoms with E-state index in [-0.39, 0.29) is 30.3 Å². The Morgan fingerprint density at radius 1 is 0.974 bits per heavy atom. The molecule has 1 saturated heterocycles. The lowest BCUT2D eigenvalue weighted by atomic mass is 9.93. The molecular weight excluding hydrogens is 512 g/mol. The molecule has 1 N–H and O–H groups in total. The summed E-state index contributed by atoms with van der Waals surface area (Å²) in [5, 5.41) is 1.07. The molecule has 1 unspecified atom stereocenters. The van der Waals surface area contributed by atoms with Gasteiger partial charge in [-0.2, -0.15) is 0 Å². The lowest BCUT2D eigenvalue weighted by Crippen LogP contribution is -2.47. The van der Waals surface area contributed by atoms with Crippen molar-refractivity contribution in [3.8, 4) is 17.0 Å². The number of aromatic amines is 1. The third-order valence-electron chi connectivity index (χ3n) is 7.86. The topological polar surface area (TPSA) is 68.9 Å². The fourth-order valence-electron chi connectivity index (χ4n) is 5.80. The monoisotopic (exact) mass is 544 g/mol. The van der Waals surface area contributed by atoms with Crippen molar-refractivity contribution in [1.29, 1.82) is 0 Å².